The van der Waals surface area contributed by atoms with E-state index in [-0.39, 0.29) is 90.6 Å². The van der Waals surface area contributed by atoms with Crippen LogP contribution in [0.5, 0.6) is 0 Å². The van der Waals surface area contributed by atoms with Gasteiger partial charge in [-0.2, -0.15) is 5.26 Å². The third kappa shape index (κ3) is 16.0. The zero-order valence-corrected chi connectivity index (χ0v) is 42.4. The SMILES string of the molecule is CCN1C(=O)CC(=O)N(CC)C1=S.CCN1C(=O)CC(C)=C(C#N)C1=O.CN1C(=O)CC(=O)N(C)C1=O.O=C1CC(=O)N(c2ccccc2)N1c1ccccc1.O=C1CC(=O)NC(=O)N1.O=C1CC(=O)NC(=S)N1. The molecule has 0 spiro atoms. The molecule has 2 aromatic rings. The van der Waals surface area contributed by atoms with Crippen molar-refractivity contribution in [2.24, 2.45) is 0 Å². The summed E-state index contributed by atoms with van der Waals surface area (Å²) in [6.45, 7) is 8.42. The zero-order chi connectivity index (χ0) is 55.6. The Morgan fingerprint density at radius 2 is 0.838 bits per heavy atom. The molecule has 0 radical (unpaired) electrons. The number of benzene rings is 2. The molecule has 74 heavy (non-hydrogen) atoms. The summed E-state index contributed by atoms with van der Waals surface area (Å²) in [5, 5.41) is 20.3. The van der Waals surface area contributed by atoms with Gasteiger partial charge in [0.25, 0.3) is 17.7 Å². The van der Waals surface area contributed by atoms with E-state index in [4.69, 9.17) is 17.5 Å². The Labute approximate surface area is 433 Å². The highest BCUT2D eigenvalue weighted by Gasteiger charge is 2.38. The molecule has 0 saturated carbocycles. The number of barbiturate groups is 2. The molecule has 6 heterocycles. The fraction of sp³-hybridized carbons (Fsp3) is 0.326. The van der Waals surface area contributed by atoms with Crippen molar-refractivity contribution in [2.45, 2.75) is 66.2 Å². The Kier molecular flexibility index (Phi) is 22.1. The first kappa shape index (κ1) is 59.3. The Bertz CT molecular complexity index is 2510. The second-order valence-corrected chi connectivity index (χ2v) is 16.2. The molecule has 390 valence electrons. The van der Waals surface area contributed by atoms with E-state index in [9.17, 15) is 67.1 Å². The summed E-state index contributed by atoms with van der Waals surface area (Å²) in [6, 6.07) is 18.9. The van der Waals surface area contributed by atoms with Crippen LogP contribution in [0.15, 0.2) is 71.8 Å². The van der Waals surface area contributed by atoms with E-state index >= 15 is 0 Å². The van der Waals surface area contributed by atoms with Crippen molar-refractivity contribution in [3.8, 4) is 6.07 Å². The van der Waals surface area contributed by atoms with Gasteiger partial charge in [0.15, 0.2) is 10.2 Å². The number of carbonyl (C=O) groups excluding carboxylic acids is 14. The van der Waals surface area contributed by atoms with Gasteiger partial charge in [0.1, 0.15) is 43.7 Å². The van der Waals surface area contributed by atoms with Gasteiger partial charge in [-0.15, -0.1) is 0 Å². The monoisotopic (exact) mass is 1060 g/mol. The van der Waals surface area contributed by atoms with Crippen molar-refractivity contribution in [3.63, 3.8) is 0 Å². The number of imide groups is 5. The number of hydrogen-bond donors (Lipinski definition) is 4. The zero-order valence-electron chi connectivity index (χ0n) is 40.7. The van der Waals surface area contributed by atoms with Crippen molar-refractivity contribution in [1.82, 2.24) is 45.8 Å². The van der Waals surface area contributed by atoms with E-state index in [1.165, 1.54) is 33.9 Å². The first-order valence-electron chi connectivity index (χ1n) is 22.1. The van der Waals surface area contributed by atoms with E-state index in [0.29, 0.717) is 41.7 Å². The lowest BCUT2D eigenvalue weighted by molar-refractivity contribution is -0.143. The first-order valence-corrected chi connectivity index (χ1v) is 22.9. The third-order valence-electron chi connectivity index (χ3n) is 10.3. The van der Waals surface area contributed by atoms with Crippen LogP contribution >= 0.6 is 24.4 Å². The van der Waals surface area contributed by atoms with Crippen LogP contribution in [0, 0.1) is 11.3 Å². The molecule has 8 rings (SSSR count). The lowest BCUT2D eigenvalue weighted by Crippen LogP contribution is -2.54. The molecule has 0 aromatic heterocycles. The Morgan fingerprint density at radius 1 is 0.486 bits per heavy atom. The second-order valence-electron chi connectivity index (χ2n) is 15.5. The fourth-order valence-corrected chi connectivity index (χ4v) is 7.30. The van der Waals surface area contributed by atoms with Gasteiger partial charge in [-0.05, 0) is 82.0 Å². The van der Waals surface area contributed by atoms with Gasteiger partial charge in [-0.25, -0.2) is 19.6 Å². The standard InChI is InChI=1S/C15H12N2O2.C9H10N2O2.C8H12N2O2S.C6H8N2O3.C4H4N2O3.C4H4N2O2S/c18-14-11-15(19)17(13-9-5-2-6-10-13)16(14)12-7-3-1-4-8-12;1-3-11-8(12)4-6(2)7(5-10)9(11)13;1-3-9-6(11)5-7(12)10(4-2)8(9)13;1-7-4(9)3-5(10)8(2)6(7)11;2*7-2-1-3(8)6-4(9)5-2/h1-10H,11H2;3-4H2,1-2H3;3-5H2,1-2H3;3H2,1-2H3;2*1H2,(H2,5,6,7,8,9). The van der Waals surface area contributed by atoms with Crippen LogP contribution in [0.4, 0.5) is 21.0 Å². The number of hydrazine groups is 1. The van der Waals surface area contributed by atoms with Crippen molar-refractivity contribution in [2.75, 3.05) is 43.7 Å². The number of rotatable bonds is 5. The van der Waals surface area contributed by atoms with Crippen LogP contribution in [0.2, 0.25) is 0 Å². The van der Waals surface area contributed by atoms with E-state index in [1.807, 2.05) is 91.2 Å². The van der Waals surface area contributed by atoms with E-state index in [2.05, 4.69) is 22.9 Å². The normalized spacial score (nSPS) is 17.8. The van der Waals surface area contributed by atoms with Crippen molar-refractivity contribution in [1.29, 1.82) is 5.26 Å². The van der Waals surface area contributed by atoms with Gasteiger partial charge in [0.05, 0.1) is 11.4 Å². The van der Waals surface area contributed by atoms with Crippen LogP contribution in [0.3, 0.4) is 0 Å². The number of likely N-dealkylation sites (N-methyl/N-ethyl adjacent to an activating group) is 1. The summed E-state index contributed by atoms with van der Waals surface area (Å²) in [4.78, 5) is 159. The minimum atomic E-state index is -0.740. The lowest BCUT2D eigenvalue weighted by atomic mass is 10.0. The number of nitriles is 1. The molecule has 0 bridgehead atoms. The summed E-state index contributed by atoms with van der Waals surface area (Å²) in [7, 11) is 2.71. The molecule has 0 unspecified atom stereocenters. The van der Waals surface area contributed by atoms with Gasteiger partial charge >= 0.3 is 12.1 Å². The predicted octanol–water partition coefficient (Wildman–Crippen LogP) is 0.426. The average Bonchev–Trinajstić information content (AvgIpc) is 3.64. The van der Waals surface area contributed by atoms with E-state index in [1.54, 1.807) is 13.8 Å². The van der Waals surface area contributed by atoms with Crippen molar-refractivity contribution < 1.29 is 67.1 Å². The van der Waals surface area contributed by atoms with Crippen LogP contribution in [-0.2, 0) is 57.5 Å². The van der Waals surface area contributed by atoms with E-state index in [0.717, 1.165) is 14.7 Å². The minimum absolute atomic E-state index is 0.0538. The molecule has 5 fully saturated rings. The third-order valence-corrected chi connectivity index (χ3v) is 10.9. The van der Waals surface area contributed by atoms with Gasteiger partial charge < -0.3 is 10.6 Å². The lowest BCUT2D eigenvalue weighted by Gasteiger charge is -2.34. The molecular weight excluding hydrogens is 1010 g/mol. The Balaban J connectivity index is 0.000000239. The number of hydrogen-bond acceptors (Lipinski definition) is 17. The van der Waals surface area contributed by atoms with Crippen LogP contribution in [-0.4, -0.2) is 151 Å². The number of carbonyl (C=O) groups is 14. The van der Waals surface area contributed by atoms with Gasteiger partial charge in [0, 0.05) is 40.2 Å². The van der Waals surface area contributed by atoms with E-state index < -0.39 is 41.6 Å². The quantitative estimate of drug-likeness (QED) is 0.179. The number of amides is 16. The van der Waals surface area contributed by atoms with Gasteiger partial charge in [0.2, 0.25) is 53.2 Å². The number of nitrogens with zero attached hydrogens (tertiary/aromatic N) is 8. The highest BCUT2D eigenvalue weighted by atomic mass is 32.1. The van der Waals surface area contributed by atoms with Crippen molar-refractivity contribution >= 4 is 129 Å². The maximum Gasteiger partial charge on any atom is 0.332 e. The summed E-state index contributed by atoms with van der Waals surface area (Å²) in [6.07, 6.45) is -0.557. The van der Waals surface area contributed by atoms with Crippen molar-refractivity contribution in [3.05, 3.63) is 71.8 Å². The first-order chi connectivity index (χ1) is 34.9. The molecule has 2 aromatic carbocycles. The topological polar surface area (TPSA) is 334 Å². The van der Waals surface area contributed by atoms with Gasteiger partial charge in [-0.3, -0.25) is 92.7 Å². The Morgan fingerprint density at radius 3 is 1.19 bits per heavy atom. The number of para-hydroxylation sites is 2. The molecule has 6 aliphatic rings. The molecule has 26 nitrogen and oxygen atoms in total. The molecule has 28 heteroatoms. The number of thiocarbonyl (C=S) groups is 2. The molecule has 0 atom stereocenters. The Hall–Kier alpha value is -8.97. The van der Waals surface area contributed by atoms with Gasteiger partial charge in [-0.1, -0.05) is 36.4 Å². The predicted molar refractivity (Wildman–Crippen MR) is 265 cm³/mol. The summed E-state index contributed by atoms with van der Waals surface area (Å²) >= 11 is 9.51. The molecule has 16 amide bonds. The molecule has 5 saturated heterocycles. The molecule has 0 aliphatic carbocycles. The van der Waals surface area contributed by atoms with Crippen LogP contribution in [0.1, 0.15) is 66.2 Å². The number of anilines is 2. The highest BCUT2D eigenvalue weighted by Crippen LogP contribution is 2.28. The minimum Gasteiger partial charge on any atom is -0.302 e. The maximum absolute atomic E-state index is 12.0. The summed E-state index contributed by atoms with van der Waals surface area (Å²) < 4.78 is 0. The molecule has 6 aliphatic heterocycles. The van der Waals surface area contributed by atoms with Crippen LogP contribution in [0.25, 0.3) is 0 Å². The molecule has 4 N–H and O–H groups in total. The number of urea groups is 2. The number of nitrogens with one attached hydrogen (secondary N) is 4. The summed E-state index contributed by atoms with van der Waals surface area (Å²) in [5.41, 5.74) is 2.08. The summed E-state index contributed by atoms with van der Waals surface area (Å²) in [5.74, 6) is -4.16. The smallest absolute Gasteiger partial charge is 0.302 e. The van der Waals surface area contributed by atoms with Crippen LogP contribution < -0.4 is 31.3 Å². The molecular formula is C46H50N12O14S2. The average molecular weight is 1060 g/mol. The maximum atomic E-state index is 12.0. The second kappa shape index (κ2) is 27.6. The highest BCUT2D eigenvalue weighted by molar-refractivity contribution is 7.80. The largest absolute Gasteiger partial charge is 0.332 e. The fourth-order valence-electron chi connectivity index (χ4n) is 6.61.